The fourth-order valence-corrected chi connectivity index (χ4v) is 3.93. The molecule has 1 amide bonds. The van der Waals surface area contributed by atoms with E-state index in [4.69, 9.17) is 0 Å². The third kappa shape index (κ3) is 3.93. The molecule has 0 aliphatic carbocycles. The first-order valence-electron chi connectivity index (χ1n) is 5.98. The van der Waals surface area contributed by atoms with Crippen molar-refractivity contribution in [3.8, 4) is 0 Å². The van der Waals surface area contributed by atoms with Gasteiger partial charge in [0.25, 0.3) is 0 Å². The summed E-state index contributed by atoms with van der Waals surface area (Å²) in [5.74, 6) is 0.236. The van der Waals surface area contributed by atoms with Gasteiger partial charge in [-0.25, -0.2) is 8.42 Å². The highest BCUT2D eigenvalue weighted by Crippen LogP contribution is 2.11. The van der Waals surface area contributed by atoms with E-state index in [0.717, 1.165) is 26.2 Å². The highest BCUT2D eigenvalue weighted by atomic mass is 32.2. The van der Waals surface area contributed by atoms with Gasteiger partial charge in [0, 0.05) is 32.2 Å². The fraction of sp³-hybridized carbons (Fsp3) is 0.900. The molecule has 1 atom stereocenters. The van der Waals surface area contributed by atoms with Gasteiger partial charge >= 0.3 is 0 Å². The zero-order valence-corrected chi connectivity index (χ0v) is 10.6. The van der Waals surface area contributed by atoms with Crippen LogP contribution in [0.4, 0.5) is 0 Å². The van der Waals surface area contributed by atoms with Crippen LogP contribution in [0.2, 0.25) is 0 Å². The highest BCUT2D eigenvalue weighted by Gasteiger charge is 2.29. The van der Waals surface area contributed by atoms with E-state index in [2.05, 4.69) is 15.5 Å². The third-order valence-corrected chi connectivity index (χ3v) is 4.94. The lowest BCUT2D eigenvalue weighted by Gasteiger charge is -2.26. The minimum atomic E-state index is -2.91. The number of nitrogens with zero attached hydrogens (tertiary/aromatic N) is 1. The van der Waals surface area contributed by atoms with Gasteiger partial charge in [0.2, 0.25) is 5.91 Å². The summed E-state index contributed by atoms with van der Waals surface area (Å²) in [7, 11) is -2.91. The number of sulfone groups is 1. The van der Waals surface area contributed by atoms with Crippen molar-refractivity contribution >= 4 is 15.7 Å². The van der Waals surface area contributed by atoms with Crippen LogP contribution in [0.1, 0.15) is 6.42 Å². The van der Waals surface area contributed by atoms with Gasteiger partial charge in [0.1, 0.15) is 0 Å². The van der Waals surface area contributed by atoms with Gasteiger partial charge in [-0.15, -0.1) is 0 Å². The molecule has 2 aliphatic heterocycles. The summed E-state index contributed by atoms with van der Waals surface area (Å²) in [6, 6.07) is -0.185. The Balaban J connectivity index is 1.74. The number of hydrogen-bond acceptors (Lipinski definition) is 5. The molecule has 17 heavy (non-hydrogen) atoms. The van der Waals surface area contributed by atoms with Crippen LogP contribution in [-0.4, -0.2) is 69.5 Å². The summed E-state index contributed by atoms with van der Waals surface area (Å²) in [4.78, 5) is 13.8. The van der Waals surface area contributed by atoms with Crippen LogP contribution >= 0.6 is 0 Å². The molecule has 0 radical (unpaired) electrons. The van der Waals surface area contributed by atoms with Crippen LogP contribution in [-0.2, 0) is 14.6 Å². The van der Waals surface area contributed by atoms with Gasteiger partial charge in [0.05, 0.1) is 18.1 Å². The molecule has 2 aliphatic rings. The second kappa shape index (κ2) is 5.32. The standard InChI is InChI=1S/C10H19N3O3S/c14-10(7-13-4-2-11-3-5-13)12-9-1-6-17(15,16)8-9/h9,11H,1-8H2,(H,12,14)/t9-/m0/s1. The summed E-state index contributed by atoms with van der Waals surface area (Å²) >= 11 is 0. The Morgan fingerprint density at radius 1 is 1.35 bits per heavy atom. The lowest BCUT2D eigenvalue weighted by Crippen LogP contribution is -2.49. The Kier molecular flexibility index (Phi) is 4.01. The molecule has 6 nitrogen and oxygen atoms in total. The van der Waals surface area contributed by atoms with E-state index in [1.54, 1.807) is 0 Å². The summed E-state index contributed by atoms with van der Waals surface area (Å²) in [5.41, 5.74) is 0. The molecule has 98 valence electrons. The molecule has 2 fully saturated rings. The van der Waals surface area contributed by atoms with Crippen LogP contribution in [0.15, 0.2) is 0 Å². The second-order valence-corrected chi connectivity index (χ2v) is 6.92. The van der Waals surface area contributed by atoms with Crippen molar-refractivity contribution < 1.29 is 13.2 Å². The minimum absolute atomic E-state index is 0.0611. The number of piperazine rings is 1. The van der Waals surface area contributed by atoms with Crippen LogP contribution in [0.5, 0.6) is 0 Å². The normalized spacial score (nSPS) is 29.1. The van der Waals surface area contributed by atoms with E-state index in [1.807, 2.05) is 0 Å². The van der Waals surface area contributed by atoms with E-state index in [9.17, 15) is 13.2 Å². The van der Waals surface area contributed by atoms with Crippen molar-refractivity contribution in [3.63, 3.8) is 0 Å². The maximum Gasteiger partial charge on any atom is 0.234 e. The molecule has 0 spiro atoms. The summed E-state index contributed by atoms with van der Waals surface area (Å²) in [6.07, 6.45) is 0.551. The van der Waals surface area contributed by atoms with Crippen molar-refractivity contribution in [2.75, 3.05) is 44.2 Å². The summed E-state index contributed by atoms with van der Waals surface area (Å²) in [6.45, 7) is 3.93. The smallest absolute Gasteiger partial charge is 0.234 e. The summed E-state index contributed by atoms with van der Waals surface area (Å²) < 4.78 is 22.5. The first-order chi connectivity index (χ1) is 8.05. The zero-order chi connectivity index (χ0) is 12.3. The van der Waals surface area contributed by atoms with Gasteiger partial charge in [-0.2, -0.15) is 0 Å². The van der Waals surface area contributed by atoms with Crippen molar-refractivity contribution in [1.82, 2.24) is 15.5 Å². The van der Waals surface area contributed by atoms with Crippen molar-refractivity contribution in [2.24, 2.45) is 0 Å². The Bertz CT molecular complexity index is 376. The molecule has 0 saturated carbocycles. The number of nitrogens with one attached hydrogen (secondary N) is 2. The van der Waals surface area contributed by atoms with Crippen molar-refractivity contribution in [3.05, 3.63) is 0 Å². The highest BCUT2D eigenvalue weighted by molar-refractivity contribution is 7.91. The molecule has 0 aromatic rings. The topological polar surface area (TPSA) is 78.5 Å². The van der Waals surface area contributed by atoms with Gasteiger partial charge in [-0.05, 0) is 6.42 Å². The van der Waals surface area contributed by atoms with E-state index in [1.165, 1.54) is 0 Å². The largest absolute Gasteiger partial charge is 0.351 e. The number of hydrogen-bond donors (Lipinski definition) is 2. The lowest BCUT2D eigenvalue weighted by molar-refractivity contribution is -0.122. The quantitative estimate of drug-likeness (QED) is 0.626. The Morgan fingerprint density at radius 2 is 2.06 bits per heavy atom. The minimum Gasteiger partial charge on any atom is -0.351 e. The van der Waals surface area contributed by atoms with E-state index < -0.39 is 9.84 Å². The molecule has 2 rings (SSSR count). The average Bonchev–Trinajstić information content (AvgIpc) is 2.59. The maximum absolute atomic E-state index is 11.7. The van der Waals surface area contributed by atoms with E-state index in [-0.39, 0.29) is 23.5 Å². The molecule has 0 aromatic carbocycles. The number of rotatable bonds is 3. The van der Waals surface area contributed by atoms with Crippen LogP contribution in [0.3, 0.4) is 0 Å². The molecule has 2 saturated heterocycles. The van der Waals surface area contributed by atoms with Crippen LogP contribution < -0.4 is 10.6 Å². The SMILES string of the molecule is O=C(CN1CCNCC1)N[C@H]1CCS(=O)(=O)C1. The number of amides is 1. The van der Waals surface area contributed by atoms with Crippen LogP contribution in [0, 0.1) is 0 Å². The van der Waals surface area contributed by atoms with E-state index >= 15 is 0 Å². The van der Waals surface area contributed by atoms with Gasteiger partial charge in [0.15, 0.2) is 9.84 Å². The molecule has 0 bridgehead atoms. The zero-order valence-electron chi connectivity index (χ0n) is 9.81. The lowest BCUT2D eigenvalue weighted by atomic mass is 10.2. The molecule has 0 unspecified atom stereocenters. The van der Waals surface area contributed by atoms with Crippen molar-refractivity contribution in [1.29, 1.82) is 0 Å². The second-order valence-electron chi connectivity index (χ2n) is 4.69. The van der Waals surface area contributed by atoms with Gasteiger partial charge in [-0.1, -0.05) is 0 Å². The molecule has 0 aromatic heterocycles. The Hall–Kier alpha value is -0.660. The maximum atomic E-state index is 11.7. The third-order valence-electron chi connectivity index (χ3n) is 3.17. The van der Waals surface area contributed by atoms with Crippen molar-refractivity contribution in [2.45, 2.75) is 12.5 Å². The molecular weight excluding hydrogens is 242 g/mol. The molecule has 2 N–H and O–H groups in total. The molecular formula is C10H19N3O3S. The summed E-state index contributed by atoms with van der Waals surface area (Å²) in [5, 5.41) is 6.02. The van der Waals surface area contributed by atoms with Crippen LogP contribution in [0.25, 0.3) is 0 Å². The van der Waals surface area contributed by atoms with Gasteiger partial charge in [-0.3, -0.25) is 9.69 Å². The fourth-order valence-electron chi connectivity index (χ4n) is 2.25. The number of carbonyl (C=O) groups is 1. The van der Waals surface area contributed by atoms with E-state index in [0.29, 0.717) is 13.0 Å². The Morgan fingerprint density at radius 3 is 2.65 bits per heavy atom. The monoisotopic (exact) mass is 261 g/mol. The average molecular weight is 261 g/mol. The first kappa shape index (κ1) is 12.8. The molecule has 7 heteroatoms. The Labute approximate surface area is 102 Å². The molecule has 2 heterocycles. The predicted octanol–water partition coefficient (Wildman–Crippen LogP) is -1.81. The number of carbonyl (C=O) groups excluding carboxylic acids is 1. The van der Waals surface area contributed by atoms with Gasteiger partial charge < -0.3 is 10.6 Å². The first-order valence-corrected chi connectivity index (χ1v) is 7.80. The predicted molar refractivity (Wildman–Crippen MR) is 64.5 cm³/mol.